The van der Waals surface area contributed by atoms with E-state index in [4.69, 9.17) is 5.11 Å². The summed E-state index contributed by atoms with van der Waals surface area (Å²) in [7, 11) is 3.39. The summed E-state index contributed by atoms with van der Waals surface area (Å²) in [5.41, 5.74) is 0. The fraction of sp³-hybridized carbons (Fsp3) is 0.769. The van der Waals surface area contributed by atoms with E-state index in [2.05, 4.69) is 0 Å². The highest BCUT2D eigenvalue weighted by Crippen LogP contribution is 2.24. The molecule has 0 aliphatic carbocycles. The van der Waals surface area contributed by atoms with E-state index >= 15 is 0 Å². The molecule has 2 rings (SSSR count). The van der Waals surface area contributed by atoms with Crippen molar-refractivity contribution in [3.8, 4) is 0 Å². The Kier molecular flexibility index (Phi) is 4.15. The fourth-order valence-corrected chi connectivity index (χ4v) is 2.71. The molecule has 0 radical (unpaired) electrons. The lowest BCUT2D eigenvalue weighted by atomic mass is 9.92. The lowest BCUT2D eigenvalue weighted by molar-refractivity contribution is -0.155. The van der Waals surface area contributed by atoms with Crippen molar-refractivity contribution in [3.63, 3.8) is 0 Å². The summed E-state index contributed by atoms with van der Waals surface area (Å²) in [6.07, 6.45) is 1.58. The minimum atomic E-state index is -0.845. The van der Waals surface area contributed by atoms with Crippen molar-refractivity contribution in [3.05, 3.63) is 0 Å². The molecule has 2 saturated heterocycles. The van der Waals surface area contributed by atoms with E-state index in [0.29, 0.717) is 26.2 Å². The summed E-state index contributed by atoms with van der Waals surface area (Å²) in [5, 5.41) is 8.82. The molecule has 2 aliphatic heterocycles. The molecule has 3 amide bonds. The van der Waals surface area contributed by atoms with Crippen LogP contribution in [-0.2, 0) is 9.59 Å². The second kappa shape index (κ2) is 5.68. The largest absolute Gasteiger partial charge is 0.481 e. The van der Waals surface area contributed by atoms with Crippen molar-refractivity contribution in [2.24, 2.45) is 11.8 Å². The molecule has 0 bridgehead atoms. The molecular formula is C13H21N3O4. The summed E-state index contributed by atoms with van der Waals surface area (Å²) >= 11 is 0. The molecule has 7 heteroatoms. The van der Waals surface area contributed by atoms with Crippen LogP contribution in [0, 0.1) is 11.8 Å². The number of rotatable bonds is 2. The van der Waals surface area contributed by atoms with Crippen LogP contribution in [0.1, 0.15) is 12.8 Å². The Morgan fingerprint density at radius 1 is 1.05 bits per heavy atom. The Morgan fingerprint density at radius 3 is 2.20 bits per heavy atom. The number of likely N-dealkylation sites (tertiary alicyclic amines) is 2. The number of hydrogen-bond acceptors (Lipinski definition) is 3. The molecule has 112 valence electrons. The number of nitrogens with zero attached hydrogens (tertiary/aromatic N) is 3. The number of hydrogen-bond donors (Lipinski definition) is 1. The minimum Gasteiger partial charge on any atom is -0.481 e. The van der Waals surface area contributed by atoms with Gasteiger partial charge in [0.1, 0.15) is 0 Å². The third-order valence-corrected chi connectivity index (χ3v) is 3.97. The number of aliphatic carboxylic acids is 1. The third kappa shape index (κ3) is 2.86. The van der Waals surface area contributed by atoms with E-state index < -0.39 is 11.9 Å². The fourth-order valence-electron chi connectivity index (χ4n) is 2.71. The molecule has 0 aromatic heterocycles. The highest BCUT2D eigenvalue weighted by Gasteiger charge is 2.39. The smallest absolute Gasteiger partial charge is 0.319 e. The number of amides is 3. The first-order valence-corrected chi connectivity index (χ1v) is 6.88. The lowest BCUT2D eigenvalue weighted by Gasteiger charge is -2.41. The number of carbonyl (C=O) groups is 3. The molecule has 20 heavy (non-hydrogen) atoms. The first-order valence-electron chi connectivity index (χ1n) is 6.88. The maximum absolute atomic E-state index is 12.3. The Bertz CT molecular complexity index is 418. The van der Waals surface area contributed by atoms with Crippen LogP contribution in [-0.4, -0.2) is 78.0 Å². The van der Waals surface area contributed by atoms with E-state index in [-0.39, 0.29) is 17.9 Å². The van der Waals surface area contributed by atoms with E-state index in [1.807, 2.05) is 0 Å². The molecule has 2 fully saturated rings. The summed E-state index contributed by atoms with van der Waals surface area (Å²) in [6, 6.07) is -0.0745. The van der Waals surface area contributed by atoms with Gasteiger partial charge in [0.25, 0.3) is 0 Å². The Morgan fingerprint density at radius 2 is 1.65 bits per heavy atom. The molecule has 2 aliphatic rings. The van der Waals surface area contributed by atoms with Crippen LogP contribution in [0.25, 0.3) is 0 Å². The second-order valence-electron chi connectivity index (χ2n) is 5.74. The summed E-state index contributed by atoms with van der Waals surface area (Å²) in [6.45, 7) is 1.71. The first kappa shape index (κ1) is 14.6. The lowest BCUT2D eigenvalue weighted by Crippen LogP contribution is -2.57. The van der Waals surface area contributed by atoms with Crippen molar-refractivity contribution in [1.82, 2.24) is 14.7 Å². The van der Waals surface area contributed by atoms with E-state index in [1.165, 1.54) is 4.90 Å². The van der Waals surface area contributed by atoms with Crippen molar-refractivity contribution in [2.45, 2.75) is 12.8 Å². The average molecular weight is 283 g/mol. The Balaban J connectivity index is 1.88. The number of carbonyl (C=O) groups excluding carboxylic acids is 2. The summed E-state index contributed by atoms with van der Waals surface area (Å²) in [4.78, 5) is 39.7. The summed E-state index contributed by atoms with van der Waals surface area (Å²) in [5.74, 6) is -1.48. The standard InChI is InChI=1S/C13H21N3O4/c1-14(2)13(20)15-5-3-4-9(6-15)11(17)16-7-10(8-16)12(18)19/h9-10H,3-8H2,1-2H3,(H,18,19). The van der Waals surface area contributed by atoms with Crippen LogP contribution >= 0.6 is 0 Å². The van der Waals surface area contributed by atoms with Gasteiger partial charge in [0.15, 0.2) is 0 Å². The average Bonchev–Trinajstić information content (AvgIpc) is 2.35. The molecule has 0 aromatic carbocycles. The number of urea groups is 1. The van der Waals surface area contributed by atoms with Gasteiger partial charge >= 0.3 is 12.0 Å². The van der Waals surface area contributed by atoms with Crippen molar-refractivity contribution in [2.75, 3.05) is 40.3 Å². The van der Waals surface area contributed by atoms with Crippen molar-refractivity contribution < 1.29 is 19.5 Å². The molecule has 1 atom stereocenters. The van der Waals surface area contributed by atoms with Crippen molar-refractivity contribution >= 4 is 17.9 Å². The zero-order valence-corrected chi connectivity index (χ0v) is 11.9. The monoisotopic (exact) mass is 283 g/mol. The Hall–Kier alpha value is -1.79. The van der Waals surface area contributed by atoms with Crippen LogP contribution < -0.4 is 0 Å². The molecule has 0 saturated carbocycles. The number of carboxylic acids is 1. The zero-order chi connectivity index (χ0) is 14.9. The van der Waals surface area contributed by atoms with Gasteiger partial charge in [-0.05, 0) is 12.8 Å². The first-order chi connectivity index (χ1) is 9.40. The van der Waals surface area contributed by atoms with Gasteiger partial charge in [-0.3, -0.25) is 9.59 Å². The predicted octanol–water partition coefficient (Wildman–Crippen LogP) is -0.0770. The van der Waals surface area contributed by atoms with Gasteiger partial charge in [0, 0.05) is 40.3 Å². The molecule has 0 spiro atoms. The van der Waals surface area contributed by atoms with Gasteiger partial charge in [0.05, 0.1) is 11.8 Å². The van der Waals surface area contributed by atoms with Gasteiger partial charge in [-0.15, -0.1) is 0 Å². The minimum absolute atomic E-state index is 0.0150. The SMILES string of the molecule is CN(C)C(=O)N1CCCC(C(=O)N2CC(C(=O)O)C2)C1. The molecule has 0 aromatic rings. The van der Waals surface area contributed by atoms with Crippen LogP contribution in [0.15, 0.2) is 0 Å². The predicted molar refractivity (Wildman–Crippen MR) is 71.1 cm³/mol. The number of piperidine rings is 1. The highest BCUT2D eigenvalue weighted by atomic mass is 16.4. The van der Waals surface area contributed by atoms with Crippen LogP contribution in [0.4, 0.5) is 4.79 Å². The topological polar surface area (TPSA) is 81.2 Å². The van der Waals surface area contributed by atoms with E-state index in [9.17, 15) is 14.4 Å². The van der Waals surface area contributed by atoms with E-state index in [1.54, 1.807) is 23.9 Å². The molecular weight excluding hydrogens is 262 g/mol. The van der Waals surface area contributed by atoms with Crippen molar-refractivity contribution in [1.29, 1.82) is 0 Å². The van der Waals surface area contributed by atoms with E-state index in [0.717, 1.165) is 12.8 Å². The zero-order valence-electron chi connectivity index (χ0n) is 11.9. The van der Waals surface area contributed by atoms with Crippen LogP contribution in [0.5, 0.6) is 0 Å². The van der Waals surface area contributed by atoms with Crippen LogP contribution in [0.2, 0.25) is 0 Å². The highest BCUT2D eigenvalue weighted by molar-refractivity contribution is 5.83. The maximum atomic E-state index is 12.3. The Labute approximate surface area is 118 Å². The van der Waals surface area contributed by atoms with Gasteiger partial charge in [0.2, 0.25) is 5.91 Å². The molecule has 7 nitrogen and oxygen atoms in total. The normalized spacial score (nSPS) is 23.2. The molecule has 1 N–H and O–H groups in total. The van der Waals surface area contributed by atoms with Crippen LogP contribution in [0.3, 0.4) is 0 Å². The number of carboxylic acid groups (broad SMARTS) is 1. The van der Waals surface area contributed by atoms with Gasteiger partial charge in [-0.1, -0.05) is 0 Å². The maximum Gasteiger partial charge on any atom is 0.319 e. The molecule has 1 unspecified atom stereocenters. The third-order valence-electron chi connectivity index (χ3n) is 3.97. The molecule has 2 heterocycles. The van der Waals surface area contributed by atoms with Gasteiger partial charge in [-0.25, -0.2) is 4.79 Å². The quantitative estimate of drug-likeness (QED) is 0.769. The van der Waals surface area contributed by atoms with Gasteiger partial charge in [-0.2, -0.15) is 0 Å². The van der Waals surface area contributed by atoms with Gasteiger partial charge < -0.3 is 19.8 Å². The second-order valence-corrected chi connectivity index (χ2v) is 5.74. The summed E-state index contributed by atoms with van der Waals surface area (Å²) < 4.78 is 0.